The van der Waals surface area contributed by atoms with E-state index in [1.54, 1.807) is 23.1 Å². The normalized spacial score (nSPS) is 10.5. The third-order valence-electron chi connectivity index (χ3n) is 3.49. The minimum absolute atomic E-state index is 0.285. The summed E-state index contributed by atoms with van der Waals surface area (Å²) in [6.45, 7) is 0. The molecule has 1 heterocycles. The van der Waals surface area contributed by atoms with Gasteiger partial charge in [0, 0.05) is 15.5 Å². The molecule has 0 saturated carbocycles. The first-order valence-electron chi connectivity index (χ1n) is 7.21. The molecule has 0 N–H and O–H groups in total. The standard InChI is InChI=1S/C19H16O2S2/c1-21-19(20)16-10-5-9-15(18-11-6-12-22-18)17(16)13-23-14-7-3-2-4-8-14/h2-12H,13H2,1H3. The third kappa shape index (κ3) is 3.66. The molecule has 4 heteroatoms. The van der Waals surface area contributed by atoms with Gasteiger partial charge in [-0.25, -0.2) is 4.79 Å². The van der Waals surface area contributed by atoms with Crippen molar-refractivity contribution in [2.75, 3.05) is 7.11 Å². The quantitative estimate of drug-likeness (QED) is 0.453. The summed E-state index contributed by atoms with van der Waals surface area (Å²) in [5, 5.41) is 2.05. The van der Waals surface area contributed by atoms with Crippen molar-refractivity contribution in [2.45, 2.75) is 10.6 Å². The van der Waals surface area contributed by atoms with Gasteiger partial charge in [0.15, 0.2) is 0 Å². The first kappa shape index (κ1) is 15.8. The maximum absolute atomic E-state index is 12.1. The SMILES string of the molecule is COC(=O)c1cccc(-c2cccs2)c1CSc1ccccc1. The Morgan fingerprint density at radius 2 is 1.87 bits per heavy atom. The van der Waals surface area contributed by atoms with E-state index in [0.717, 1.165) is 16.9 Å². The van der Waals surface area contributed by atoms with E-state index < -0.39 is 0 Å². The zero-order valence-electron chi connectivity index (χ0n) is 12.7. The van der Waals surface area contributed by atoms with Crippen LogP contribution < -0.4 is 0 Å². The molecule has 3 aromatic rings. The molecule has 0 spiro atoms. The van der Waals surface area contributed by atoms with Gasteiger partial charge in [-0.3, -0.25) is 0 Å². The van der Waals surface area contributed by atoms with Gasteiger partial charge < -0.3 is 4.74 Å². The highest BCUT2D eigenvalue weighted by molar-refractivity contribution is 7.98. The van der Waals surface area contributed by atoms with Crippen molar-refractivity contribution in [1.29, 1.82) is 0 Å². The number of benzene rings is 2. The Bertz CT molecular complexity index is 780. The van der Waals surface area contributed by atoms with Crippen LogP contribution in [0.25, 0.3) is 10.4 Å². The number of hydrogen-bond donors (Lipinski definition) is 0. The molecule has 23 heavy (non-hydrogen) atoms. The van der Waals surface area contributed by atoms with E-state index in [-0.39, 0.29) is 5.97 Å². The van der Waals surface area contributed by atoms with Gasteiger partial charge in [0.1, 0.15) is 0 Å². The van der Waals surface area contributed by atoms with Crippen molar-refractivity contribution >= 4 is 29.1 Å². The summed E-state index contributed by atoms with van der Waals surface area (Å²) in [6, 6.07) is 20.1. The van der Waals surface area contributed by atoms with Crippen LogP contribution in [0.15, 0.2) is 70.9 Å². The lowest BCUT2D eigenvalue weighted by molar-refractivity contribution is 0.0600. The van der Waals surface area contributed by atoms with Gasteiger partial charge in [0.2, 0.25) is 0 Å². The highest BCUT2D eigenvalue weighted by Gasteiger charge is 2.17. The van der Waals surface area contributed by atoms with Crippen molar-refractivity contribution in [3.05, 3.63) is 77.2 Å². The molecule has 0 fully saturated rings. The smallest absolute Gasteiger partial charge is 0.338 e. The maximum Gasteiger partial charge on any atom is 0.338 e. The monoisotopic (exact) mass is 340 g/mol. The van der Waals surface area contributed by atoms with E-state index in [9.17, 15) is 4.79 Å². The zero-order valence-corrected chi connectivity index (χ0v) is 14.3. The Morgan fingerprint density at radius 3 is 2.57 bits per heavy atom. The van der Waals surface area contributed by atoms with E-state index >= 15 is 0 Å². The van der Waals surface area contributed by atoms with Crippen LogP contribution >= 0.6 is 23.1 Å². The molecule has 0 aliphatic rings. The minimum Gasteiger partial charge on any atom is -0.465 e. The number of carbonyl (C=O) groups excluding carboxylic acids is 1. The topological polar surface area (TPSA) is 26.3 Å². The molecular weight excluding hydrogens is 324 g/mol. The van der Waals surface area contributed by atoms with Crippen LogP contribution in [0.2, 0.25) is 0 Å². The Kier molecular flexibility index (Phi) is 5.16. The Hall–Kier alpha value is -2.04. The average Bonchev–Trinajstić information content (AvgIpc) is 3.14. The van der Waals surface area contributed by atoms with E-state index in [0.29, 0.717) is 5.56 Å². The summed E-state index contributed by atoms with van der Waals surface area (Å²) in [7, 11) is 1.42. The number of carbonyl (C=O) groups is 1. The summed E-state index contributed by atoms with van der Waals surface area (Å²) in [5.41, 5.74) is 2.77. The third-order valence-corrected chi connectivity index (χ3v) is 5.44. The predicted molar refractivity (Wildman–Crippen MR) is 97.1 cm³/mol. The van der Waals surface area contributed by atoms with Gasteiger partial charge in [0.25, 0.3) is 0 Å². The second-order valence-corrected chi connectivity index (χ2v) is 6.90. The van der Waals surface area contributed by atoms with Crippen molar-refractivity contribution in [2.24, 2.45) is 0 Å². The van der Waals surface area contributed by atoms with Gasteiger partial charge in [-0.15, -0.1) is 23.1 Å². The molecule has 0 amide bonds. The molecule has 0 saturated heterocycles. The fourth-order valence-corrected chi connectivity index (χ4v) is 4.13. The van der Waals surface area contributed by atoms with E-state index in [4.69, 9.17) is 4.74 Å². The predicted octanol–water partition coefficient (Wildman–Crippen LogP) is 5.49. The summed E-state index contributed by atoms with van der Waals surface area (Å²) < 4.78 is 4.96. The van der Waals surface area contributed by atoms with Crippen LogP contribution in [-0.2, 0) is 10.5 Å². The van der Waals surface area contributed by atoms with Crippen molar-refractivity contribution < 1.29 is 9.53 Å². The number of thioether (sulfide) groups is 1. The number of rotatable bonds is 5. The number of methoxy groups -OCH3 is 1. The van der Waals surface area contributed by atoms with Crippen LogP contribution in [-0.4, -0.2) is 13.1 Å². The van der Waals surface area contributed by atoms with Gasteiger partial charge in [-0.2, -0.15) is 0 Å². The Balaban J connectivity index is 1.99. The molecule has 2 nitrogen and oxygen atoms in total. The minimum atomic E-state index is -0.285. The molecule has 0 aliphatic heterocycles. The van der Waals surface area contributed by atoms with E-state index in [2.05, 4.69) is 24.3 Å². The fraction of sp³-hybridized carbons (Fsp3) is 0.105. The zero-order chi connectivity index (χ0) is 16.1. The van der Waals surface area contributed by atoms with Gasteiger partial charge >= 0.3 is 5.97 Å². The highest BCUT2D eigenvalue weighted by atomic mass is 32.2. The molecule has 0 atom stereocenters. The molecule has 116 valence electrons. The molecular formula is C19H16O2S2. The van der Waals surface area contributed by atoms with Gasteiger partial charge in [0.05, 0.1) is 12.7 Å². The lowest BCUT2D eigenvalue weighted by Gasteiger charge is -2.13. The molecule has 0 bridgehead atoms. The molecule has 0 aliphatic carbocycles. The maximum atomic E-state index is 12.1. The van der Waals surface area contributed by atoms with Crippen molar-refractivity contribution in [3.63, 3.8) is 0 Å². The first-order valence-corrected chi connectivity index (χ1v) is 9.08. The lowest BCUT2D eigenvalue weighted by Crippen LogP contribution is -2.06. The largest absolute Gasteiger partial charge is 0.465 e. The highest BCUT2D eigenvalue weighted by Crippen LogP contribution is 2.34. The summed E-state index contributed by atoms with van der Waals surface area (Å²) in [5.74, 6) is 0.440. The molecule has 2 aromatic carbocycles. The number of ether oxygens (including phenoxy) is 1. The number of hydrogen-bond acceptors (Lipinski definition) is 4. The van der Waals surface area contributed by atoms with Crippen molar-refractivity contribution in [1.82, 2.24) is 0 Å². The number of esters is 1. The Morgan fingerprint density at radius 1 is 1.04 bits per heavy atom. The molecule has 3 rings (SSSR count). The number of thiophene rings is 1. The van der Waals surface area contributed by atoms with E-state index in [1.165, 1.54) is 16.9 Å². The van der Waals surface area contributed by atoms with Crippen LogP contribution in [0.3, 0.4) is 0 Å². The molecule has 1 aromatic heterocycles. The lowest BCUT2D eigenvalue weighted by atomic mass is 10.0. The first-order chi connectivity index (χ1) is 11.3. The van der Waals surface area contributed by atoms with Crippen molar-refractivity contribution in [3.8, 4) is 10.4 Å². The second kappa shape index (κ2) is 7.49. The second-order valence-electron chi connectivity index (χ2n) is 4.90. The summed E-state index contributed by atoms with van der Waals surface area (Å²) in [6.07, 6.45) is 0. The van der Waals surface area contributed by atoms with Crippen LogP contribution in [0, 0.1) is 0 Å². The van der Waals surface area contributed by atoms with Gasteiger partial charge in [-0.1, -0.05) is 36.4 Å². The summed E-state index contributed by atoms with van der Waals surface area (Å²) in [4.78, 5) is 14.5. The summed E-state index contributed by atoms with van der Waals surface area (Å²) >= 11 is 3.40. The van der Waals surface area contributed by atoms with E-state index in [1.807, 2.05) is 41.8 Å². The van der Waals surface area contributed by atoms with Gasteiger partial charge in [-0.05, 0) is 40.8 Å². The van der Waals surface area contributed by atoms with Crippen LogP contribution in [0.5, 0.6) is 0 Å². The average molecular weight is 340 g/mol. The van der Waals surface area contributed by atoms with Crippen LogP contribution in [0.4, 0.5) is 0 Å². The molecule has 0 unspecified atom stereocenters. The Labute approximate surface area is 144 Å². The van der Waals surface area contributed by atoms with Crippen LogP contribution in [0.1, 0.15) is 15.9 Å². The fourth-order valence-electron chi connectivity index (χ4n) is 2.38. The molecule has 0 radical (unpaired) electrons.